The maximum atomic E-state index is 13.1. The van der Waals surface area contributed by atoms with Gasteiger partial charge in [0.2, 0.25) is 11.8 Å². The van der Waals surface area contributed by atoms with Crippen LogP contribution in [0.3, 0.4) is 0 Å². The SMILES string of the molecule is CC(=O)NC(C(=O)N1C2CCNCC1CC2)C1CCCC1.Cl. The highest BCUT2D eigenvalue weighted by atomic mass is 35.5. The molecule has 0 aromatic heterocycles. The van der Waals surface area contributed by atoms with E-state index in [2.05, 4.69) is 15.5 Å². The molecule has 0 aromatic rings. The lowest BCUT2D eigenvalue weighted by Gasteiger charge is -2.34. The van der Waals surface area contributed by atoms with Crippen molar-refractivity contribution in [2.75, 3.05) is 13.1 Å². The first-order chi connectivity index (χ1) is 10.2. The van der Waals surface area contributed by atoms with Crippen LogP contribution in [0.2, 0.25) is 0 Å². The van der Waals surface area contributed by atoms with E-state index in [4.69, 9.17) is 0 Å². The standard InChI is InChI=1S/C16H27N3O2.ClH/c1-11(20)18-15(12-4-2-3-5-12)16(21)19-13-6-7-14(19)10-17-9-8-13;/h12-15,17H,2-10H2,1H3,(H,18,20);1H. The first-order valence-corrected chi connectivity index (χ1v) is 8.47. The lowest BCUT2D eigenvalue weighted by atomic mass is 9.96. The Balaban J connectivity index is 0.00000176. The lowest BCUT2D eigenvalue weighted by molar-refractivity contribution is -0.140. The maximum absolute atomic E-state index is 13.1. The minimum Gasteiger partial charge on any atom is -0.344 e. The van der Waals surface area contributed by atoms with Gasteiger partial charge in [0, 0.05) is 25.6 Å². The Morgan fingerprint density at radius 2 is 1.77 bits per heavy atom. The number of carbonyl (C=O) groups excluding carboxylic acids is 2. The fourth-order valence-electron chi connectivity index (χ4n) is 4.39. The first kappa shape index (κ1) is 17.5. The zero-order valence-electron chi connectivity index (χ0n) is 13.3. The highest BCUT2D eigenvalue weighted by molar-refractivity contribution is 5.88. The minimum atomic E-state index is -0.300. The summed E-state index contributed by atoms with van der Waals surface area (Å²) in [7, 11) is 0. The Morgan fingerprint density at radius 3 is 2.45 bits per heavy atom. The fraction of sp³-hybridized carbons (Fsp3) is 0.875. The van der Waals surface area contributed by atoms with Gasteiger partial charge in [0.25, 0.3) is 0 Å². The van der Waals surface area contributed by atoms with Crippen molar-refractivity contribution in [2.45, 2.75) is 70.0 Å². The summed E-state index contributed by atoms with van der Waals surface area (Å²) in [6.45, 7) is 3.42. The van der Waals surface area contributed by atoms with Crippen molar-refractivity contribution in [1.29, 1.82) is 0 Å². The predicted molar refractivity (Wildman–Crippen MR) is 88.0 cm³/mol. The van der Waals surface area contributed by atoms with E-state index in [1.165, 1.54) is 19.8 Å². The molecule has 2 aliphatic heterocycles. The number of carbonyl (C=O) groups is 2. The molecule has 3 unspecified atom stereocenters. The Kier molecular flexibility index (Phi) is 6.09. The Bertz CT molecular complexity index is 398. The number of nitrogens with one attached hydrogen (secondary N) is 2. The Morgan fingerprint density at radius 1 is 1.09 bits per heavy atom. The van der Waals surface area contributed by atoms with Crippen LogP contribution in [0.25, 0.3) is 0 Å². The van der Waals surface area contributed by atoms with E-state index in [0.29, 0.717) is 18.0 Å². The van der Waals surface area contributed by atoms with Gasteiger partial charge in [0.1, 0.15) is 6.04 Å². The van der Waals surface area contributed by atoms with Crippen molar-refractivity contribution in [3.63, 3.8) is 0 Å². The van der Waals surface area contributed by atoms with Crippen molar-refractivity contribution >= 4 is 24.2 Å². The normalized spacial score (nSPS) is 29.6. The van der Waals surface area contributed by atoms with Gasteiger partial charge in [-0.3, -0.25) is 9.59 Å². The average molecular weight is 330 g/mol. The van der Waals surface area contributed by atoms with Gasteiger partial charge in [-0.15, -0.1) is 12.4 Å². The highest BCUT2D eigenvalue weighted by Crippen LogP contribution is 2.33. The van der Waals surface area contributed by atoms with Gasteiger partial charge < -0.3 is 15.5 Å². The number of fused-ring (bicyclic) bond motifs is 2. The molecular formula is C16H28ClN3O2. The zero-order chi connectivity index (χ0) is 14.8. The fourth-order valence-corrected chi connectivity index (χ4v) is 4.39. The predicted octanol–water partition coefficient (Wildman–Crippen LogP) is 1.46. The second kappa shape index (κ2) is 7.64. The Hall–Kier alpha value is -0.810. The molecule has 1 aliphatic carbocycles. The molecule has 0 aromatic carbocycles. The van der Waals surface area contributed by atoms with Gasteiger partial charge in [-0.2, -0.15) is 0 Å². The van der Waals surface area contributed by atoms with Crippen LogP contribution in [0.1, 0.15) is 51.9 Å². The number of hydrogen-bond acceptors (Lipinski definition) is 3. The van der Waals surface area contributed by atoms with Crippen LogP contribution in [0.4, 0.5) is 0 Å². The van der Waals surface area contributed by atoms with Gasteiger partial charge in [-0.05, 0) is 44.6 Å². The molecule has 3 aliphatic rings. The molecule has 3 rings (SSSR count). The Labute approximate surface area is 139 Å². The van der Waals surface area contributed by atoms with Gasteiger partial charge in [0.05, 0.1) is 0 Å². The molecule has 2 heterocycles. The highest BCUT2D eigenvalue weighted by Gasteiger charge is 2.43. The minimum absolute atomic E-state index is 0. The van der Waals surface area contributed by atoms with E-state index < -0.39 is 0 Å². The van der Waals surface area contributed by atoms with Crippen LogP contribution in [0.15, 0.2) is 0 Å². The molecule has 2 saturated heterocycles. The average Bonchev–Trinajstić information content (AvgIpc) is 3.02. The molecule has 1 saturated carbocycles. The van der Waals surface area contributed by atoms with Crippen molar-refractivity contribution < 1.29 is 9.59 Å². The van der Waals surface area contributed by atoms with Gasteiger partial charge >= 0.3 is 0 Å². The van der Waals surface area contributed by atoms with E-state index in [1.54, 1.807) is 0 Å². The van der Waals surface area contributed by atoms with Crippen LogP contribution >= 0.6 is 12.4 Å². The van der Waals surface area contributed by atoms with Crippen LogP contribution in [0, 0.1) is 5.92 Å². The van der Waals surface area contributed by atoms with E-state index in [9.17, 15) is 9.59 Å². The summed E-state index contributed by atoms with van der Waals surface area (Å²) in [6.07, 6.45) is 7.76. The number of hydrogen-bond donors (Lipinski definition) is 2. The molecule has 2 amide bonds. The molecule has 2 bridgehead atoms. The van der Waals surface area contributed by atoms with Gasteiger partial charge in [-0.1, -0.05) is 12.8 Å². The number of amides is 2. The third kappa shape index (κ3) is 3.57. The number of nitrogens with zero attached hydrogens (tertiary/aromatic N) is 1. The van der Waals surface area contributed by atoms with Gasteiger partial charge in [-0.25, -0.2) is 0 Å². The van der Waals surface area contributed by atoms with Crippen molar-refractivity contribution in [3.05, 3.63) is 0 Å². The molecule has 0 radical (unpaired) electrons. The van der Waals surface area contributed by atoms with E-state index >= 15 is 0 Å². The van der Waals surface area contributed by atoms with Crippen LogP contribution in [-0.2, 0) is 9.59 Å². The first-order valence-electron chi connectivity index (χ1n) is 8.47. The molecular weight excluding hydrogens is 302 g/mol. The van der Waals surface area contributed by atoms with Crippen LogP contribution < -0.4 is 10.6 Å². The van der Waals surface area contributed by atoms with E-state index in [1.807, 2.05) is 0 Å². The summed E-state index contributed by atoms with van der Waals surface area (Å²) in [5, 5.41) is 6.39. The monoisotopic (exact) mass is 329 g/mol. The molecule has 3 fully saturated rings. The van der Waals surface area contributed by atoms with Crippen molar-refractivity contribution in [3.8, 4) is 0 Å². The third-order valence-corrected chi connectivity index (χ3v) is 5.40. The van der Waals surface area contributed by atoms with E-state index in [0.717, 1.165) is 45.2 Å². The second-order valence-electron chi connectivity index (χ2n) is 6.85. The number of halogens is 1. The largest absolute Gasteiger partial charge is 0.344 e. The summed E-state index contributed by atoms with van der Waals surface area (Å²) in [4.78, 5) is 26.8. The quantitative estimate of drug-likeness (QED) is 0.824. The third-order valence-electron chi connectivity index (χ3n) is 5.40. The lowest BCUT2D eigenvalue weighted by Crippen LogP contribution is -2.55. The topological polar surface area (TPSA) is 61.4 Å². The molecule has 126 valence electrons. The molecule has 0 spiro atoms. The molecule has 6 heteroatoms. The van der Waals surface area contributed by atoms with Gasteiger partial charge in [0.15, 0.2) is 0 Å². The second-order valence-corrected chi connectivity index (χ2v) is 6.85. The van der Waals surface area contributed by atoms with E-state index in [-0.39, 0.29) is 30.3 Å². The molecule has 2 N–H and O–H groups in total. The van der Waals surface area contributed by atoms with Crippen LogP contribution in [-0.4, -0.2) is 47.9 Å². The molecule has 3 atom stereocenters. The maximum Gasteiger partial charge on any atom is 0.245 e. The zero-order valence-corrected chi connectivity index (χ0v) is 14.2. The summed E-state index contributed by atoms with van der Waals surface area (Å²) in [6, 6.07) is 0.393. The molecule has 5 nitrogen and oxygen atoms in total. The summed E-state index contributed by atoms with van der Waals surface area (Å²) < 4.78 is 0. The molecule has 22 heavy (non-hydrogen) atoms. The van der Waals surface area contributed by atoms with Crippen molar-refractivity contribution in [2.24, 2.45) is 5.92 Å². The summed E-state index contributed by atoms with van der Waals surface area (Å²) in [5.41, 5.74) is 0. The van der Waals surface area contributed by atoms with Crippen molar-refractivity contribution in [1.82, 2.24) is 15.5 Å². The smallest absolute Gasteiger partial charge is 0.245 e. The van der Waals surface area contributed by atoms with Crippen LogP contribution in [0.5, 0.6) is 0 Å². The summed E-state index contributed by atoms with van der Waals surface area (Å²) in [5.74, 6) is 0.422. The summed E-state index contributed by atoms with van der Waals surface area (Å²) >= 11 is 0. The number of rotatable bonds is 3.